The van der Waals surface area contributed by atoms with E-state index in [4.69, 9.17) is 0 Å². The predicted octanol–water partition coefficient (Wildman–Crippen LogP) is 2.68. The van der Waals surface area contributed by atoms with Gasteiger partial charge in [-0.2, -0.15) is 0 Å². The van der Waals surface area contributed by atoms with Crippen molar-refractivity contribution in [3.05, 3.63) is 35.4 Å². The Hall–Kier alpha value is -0.860. The van der Waals surface area contributed by atoms with E-state index in [-0.39, 0.29) is 0 Å². The van der Waals surface area contributed by atoms with Gasteiger partial charge in [-0.25, -0.2) is 0 Å². The molecule has 0 aliphatic heterocycles. The molecular weight excluding hydrogens is 208 g/mol. The quantitative estimate of drug-likeness (QED) is 0.744. The molecule has 17 heavy (non-hydrogen) atoms. The van der Waals surface area contributed by atoms with Gasteiger partial charge in [0.25, 0.3) is 0 Å². The van der Waals surface area contributed by atoms with E-state index in [1.165, 1.54) is 24.1 Å². The molecule has 0 bridgehead atoms. The van der Waals surface area contributed by atoms with E-state index < -0.39 is 0 Å². The molecule has 0 spiro atoms. The molecule has 1 aromatic rings. The average Bonchev–Trinajstić information content (AvgIpc) is 2.37. The van der Waals surface area contributed by atoms with Crippen molar-refractivity contribution in [1.29, 1.82) is 0 Å². The monoisotopic (exact) mass is 234 g/mol. The Morgan fingerprint density at radius 3 is 2.18 bits per heavy atom. The smallest absolute Gasteiger partial charge is 0.0234 e. The SMILES string of the molecule is CCCN(CCNC)Cc1ccc(CC)cc1. The number of rotatable bonds is 8. The molecule has 96 valence electrons. The summed E-state index contributed by atoms with van der Waals surface area (Å²) in [5.74, 6) is 0. The lowest BCUT2D eigenvalue weighted by Gasteiger charge is -2.21. The lowest BCUT2D eigenvalue weighted by atomic mass is 10.1. The second kappa shape index (κ2) is 8.26. The number of likely N-dealkylation sites (N-methyl/N-ethyl adjacent to an activating group) is 1. The number of hydrogen-bond acceptors (Lipinski definition) is 2. The summed E-state index contributed by atoms with van der Waals surface area (Å²) in [6, 6.07) is 9.02. The maximum Gasteiger partial charge on any atom is 0.0234 e. The van der Waals surface area contributed by atoms with Crippen molar-refractivity contribution in [3.63, 3.8) is 0 Å². The molecule has 0 amide bonds. The van der Waals surface area contributed by atoms with Gasteiger partial charge < -0.3 is 5.32 Å². The van der Waals surface area contributed by atoms with Gasteiger partial charge in [-0.15, -0.1) is 0 Å². The molecule has 0 fully saturated rings. The van der Waals surface area contributed by atoms with Crippen LogP contribution in [0.15, 0.2) is 24.3 Å². The zero-order valence-corrected chi connectivity index (χ0v) is 11.5. The molecule has 0 saturated carbocycles. The van der Waals surface area contributed by atoms with Crippen LogP contribution in [-0.2, 0) is 13.0 Å². The highest BCUT2D eigenvalue weighted by molar-refractivity contribution is 5.22. The van der Waals surface area contributed by atoms with Crippen molar-refractivity contribution in [1.82, 2.24) is 10.2 Å². The first-order valence-electron chi connectivity index (χ1n) is 6.74. The Labute approximate surface area is 106 Å². The zero-order valence-electron chi connectivity index (χ0n) is 11.5. The molecule has 0 aromatic heterocycles. The van der Waals surface area contributed by atoms with Gasteiger partial charge in [-0.3, -0.25) is 4.90 Å². The molecular formula is C15H26N2. The fourth-order valence-electron chi connectivity index (χ4n) is 1.99. The molecule has 0 saturated heterocycles. The van der Waals surface area contributed by atoms with Gasteiger partial charge in [0.05, 0.1) is 0 Å². The van der Waals surface area contributed by atoms with Crippen LogP contribution in [0.2, 0.25) is 0 Å². The Morgan fingerprint density at radius 1 is 1.00 bits per heavy atom. The van der Waals surface area contributed by atoms with Gasteiger partial charge in [0.15, 0.2) is 0 Å². The van der Waals surface area contributed by atoms with Crippen LogP contribution in [0.1, 0.15) is 31.4 Å². The molecule has 0 aliphatic carbocycles. The van der Waals surface area contributed by atoms with Crippen LogP contribution in [0, 0.1) is 0 Å². The van der Waals surface area contributed by atoms with Crippen LogP contribution in [0.4, 0.5) is 0 Å². The topological polar surface area (TPSA) is 15.3 Å². The maximum atomic E-state index is 3.22. The second-order valence-corrected chi connectivity index (χ2v) is 4.55. The summed E-state index contributed by atoms with van der Waals surface area (Å²) >= 11 is 0. The Bertz CT molecular complexity index is 292. The van der Waals surface area contributed by atoms with Crippen molar-refractivity contribution in [2.45, 2.75) is 33.2 Å². The van der Waals surface area contributed by atoms with Gasteiger partial charge in [-0.05, 0) is 37.6 Å². The van der Waals surface area contributed by atoms with Gasteiger partial charge in [0, 0.05) is 19.6 Å². The molecule has 2 heteroatoms. The van der Waals surface area contributed by atoms with Crippen LogP contribution in [0.3, 0.4) is 0 Å². The van der Waals surface area contributed by atoms with Crippen LogP contribution in [0.25, 0.3) is 0 Å². The highest BCUT2D eigenvalue weighted by Crippen LogP contribution is 2.08. The first-order chi connectivity index (χ1) is 8.30. The molecule has 0 atom stereocenters. The van der Waals surface area contributed by atoms with E-state index >= 15 is 0 Å². The molecule has 1 rings (SSSR count). The third-order valence-electron chi connectivity index (χ3n) is 3.06. The van der Waals surface area contributed by atoms with Crippen LogP contribution in [0.5, 0.6) is 0 Å². The van der Waals surface area contributed by atoms with Crippen molar-refractivity contribution in [2.75, 3.05) is 26.7 Å². The Kier molecular flexibility index (Phi) is 6.90. The summed E-state index contributed by atoms with van der Waals surface area (Å²) in [6.07, 6.45) is 2.34. The van der Waals surface area contributed by atoms with E-state index in [0.717, 1.165) is 26.1 Å². The highest BCUT2D eigenvalue weighted by atomic mass is 15.1. The molecule has 0 unspecified atom stereocenters. The fourth-order valence-corrected chi connectivity index (χ4v) is 1.99. The van der Waals surface area contributed by atoms with Crippen molar-refractivity contribution in [2.24, 2.45) is 0 Å². The summed E-state index contributed by atoms with van der Waals surface area (Å²) < 4.78 is 0. The van der Waals surface area contributed by atoms with Gasteiger partial charge >= 0.3 is 0 Å². The van der Waals surface area contributed by atoms with Crippen LogP contribution in [-0.4, -0.2) is 31.6 Å². The second-order valence-electron chi connectivity index (χ2n) is 4.55. The largest absolute Gasteiger partial charge is 0.318 e. The lowest BCUT2D eigenvalue weighted by Crippen LogP contribution is -2.31. The maximum absolute atomic E-state index is 3.22. The van der Waals surface area contributed by atoms with E-state index in [1.54, 1.807) is 0 Å². The van der Waals surface area contributed by atoms with E-state index in [0.29, 0.717) is 0 Å². The van der Waals surface area contributed by atoms with Gasteiger partial charge in [-0.1, -0.05) is 38.1 Å². The first-order valence-corrected chi connectivity index (χ1v) is 6.74. The van der Waals surface area contributed by atoms with Gasteiger partial charge in [0.2, 0.25) is 0 Å². The van der Waals surface area contributed by atoms with E-state index in [1.807, 2.05) is 7.05 Å². The standard InChI is InChI=1S/C15H26N2/c1-4-11-17(12-10-16-3)13-15-8-6-14(5-2)7-9-15/h6-9,16H,4-5,10-13H2,1-3H3. The van der Waals surface area contributed by atoms with Crippen LogP contribution >= 0.6 is 0 Å². The van der Waals surface area contributed by atoms with Crippen LogP contribution < -0.4 is 5.32 Å². The number of aryl methyl sites for hydroxylation is 1. The zero-order chi connectivity index (χ0) is 12.5. The number of hydrogen-bond donors (Lipinski definition) is 1. The normalized spacial score (nSPS) is 11.1. The predicted molar refractivity (Wildman–Crippen MR) is 75.3 cm³/mol. The summed E-state index contributed by atoms with van der Waals surface area (Å²) in [6.45, 7) is 8.88. The fraction of sp³-hybridized carbons (Fsp3) is 0.600. The van der Waals surface area contributed by atoms with Crippen molar-refractivity contribution in [3.8, 4) is 0 Å². The minimum Gasteiger partial charge on any atom is -0.318 e. The lowest BCUT2D eigenvalue weighted by molar-refractivity contribution is 0.268. The number of nitrogens with zero attached hydrogens (tertiary/aromatic N) is 1. The summed E-state index contributed by atoms with van der Waals surface area (Å²) in [7, 11) is 2.01. The van der Waals surface area contributed by atoms with Crippen molar-refractivity contribution < 1.29 is 0 Å². The average molecular weight is 234 g/mol. The van der Waals surface area contributed by atoms with Gasteiger partial charge in [0.1, 0.15) is 0 Å². The molecule has 0 aliphatic rings. The third kappa shape index (κ3) is 5.33. The highest BCUT2D eigenvalue weighted by Gasteiger charge is 2.04. The molecule has 0 heterocycles. The number of nitrogens with one attached hydrogen (secondary N) is 1. The number of benzene rings is 1. The molecule has 0 radical (unpaired) electrons. The third-order valence-corrected chi connectivity index (χ3v) is 3.06. The van der Waals surface area contributed by atoms with E-state index in [2.05, 4.69) is 48.3 Å². The van der Waals surface area contributed by atoms with Crippen molar-refractivity contribution >= 4 is 0 Å². The Morgan fingerprint density at radius 2 is 1.65 bits per heavy atom. The minimum atomic E-state index is 1.06. The molecule has 1 N–H and O–H groups in total. The van der Waals surface area contributed by atoms with E-state index in [9.17, 15) is 0 Å². The molecule has 1 aromatic carbocycles. The minimum absolute atomic E-state index is 1.06. The summed E-state index contributed by atoms with van der Waals surface area (Å²) in [5.41, 5.74) is 2.85. The Balaban J connectivity index is 2.51. The summed E-state index contributed by atoms with van der Waals surface area (Å²) in [4.78, 5) is 2.51. The molecule has 2 nitrogen and oxygen atoms in total. The summed E-state index contributed by atoms with van der Waals surface area (Å²) in [5, 5.41) is 3.22. The first kappa shape index (κ1) is 14.2.